The summed E-state index contributed by atoms with van der Waals surface area (Å²) >= 11 is 0. The largest absolute Gasteiger partial charge is 0.350 e. The lowest BCUT2D eigenvalue weighted by atomic mass is 10.1. The molecule has 1 aliphatic rings. The van der Waals surface area contributed by atoms with Crippen LogP contribution in [0.15, 0.2) is 42.5 Å². The van der Waals surface area contributed by atoms with Gasteiger partial charge in [0.25, 0.3) is 23.6 Å². The van der Waals surface area contributed by atoms with Crippen LogP contribution in [0.1, 0.15) is 60.8 Å². The van der Waals surface area contributed by atoms with Gasteiger partial charge in [-0.25, -0.2) is 0 Å². The molecule has 4 amide bonds. The first-order valence-corrected chi connectivity index (χ1v) is 9.91. The maximum atomic E-state index is 12.5. The second kappa shape index (κ2) is 8.90. The number of hydrogen-bond donors (Lipinski definition) is 2. The first-order chi connectivity index (χ1) is 14.3. The summed E-state index contributed by atoms with van der Waals surface area (Å²) < 4.78 is 0. The number of fused-ring (bicyclic) bond motifs is 1. The number of carbonyl (C=O) groups excluding carboxylic acids is 4. The van der Waals surface area contributed by atoms with E-state index < -0.39 is 0 Å². The zero-order valence-corrected chi connectivity index (χ0v) is 17.3. The number of rotatable bonds is 7. The molecule has 0 saturated carbocycles. The van der Waals surface area contributed by atoms with Crippen LogP contribution < -0.4 is 10.6 Å². The number of imide groups is 1. The summed E-state index contributed by atoms with van der Waals surface area (Å²) in [6, 6.07) is 11.7. The van der Waals surface area contributed by atoms with E-state index in [1.807, 2.05) is 32.9 Å². The van der Waals surface area contributed by atoms with E-state index in [9.17, 15) is 19.2 Å². The van der Waals surface area contributed by atoms with Crippen LogP contribution in [0.5, 0.6) is 0 Å². The molecule has 2 aromatic rings. The standard InChI is InChI=1S/C23H25N3O4/c1-14(2)13-26-22(29)18-9-8-17(12-19(18)23(26)30)21(28)25-11-10-24-20(27)16-6-4-15(3)5-7-16/h4-9,12,14H,10-11,13H2,1-3H3,(H,24,27)(H,25,28). The van der Waals surface area contributed by atoms with Gasteiger partial charge in [0.05, 0.1) is 11.1 Å². The van der Waals surface area contributed by atoms with Gasteiger partial charge in [0, 0.05) is 30.8 Å². The molecular weight excluding hydrogens is 382 g/mol. The van der Waals surface area contributed by atoms with Gasteiger partial charge < -0.3 is 10.6 Å². The number of nitrogens with zero attached hydrogens (tertiary/aromatic N) is 1. The minimum absolute atomic E-state index is 0.158. The van der Waals surface area contributed by atoms with Crippen molar-refractivity contribution in [2.75, 3.05) is 19.6 Å². The molecule has 0 bridgehead atoms. The predicted octanol–water partition coefficient (Wildman–Crippen LogP) is 2.41. The number of aryl methyl sites for hydroxylation is 1. The highest BCUT2D eigenvalue weighted by Crippen LogP contribution is 2.24. The summed E-state index contributed by atoms with van der Waals surface area (Å²) in [5, 5.41) is 5.46. The Bertz CT molecular complexity index is 996. The molecule has 1 heterocycles. The van der Waals surface area contributed by atoms with Crippen molar-refractivity contribution >= 4 is 23.6 Å². The van der Waals surface area contributed by atoms with Gasteiger partial charge in [0.1, 0.15) is 0 Å². The van der Waals surface area contributed by atoms with Gasteiger partial charge >= 0.3 is 0 Å². The minimum Gasteiger partial charge on any atom is -0.350 e. The maximum absolute atomic E-state index is 12.5. The minimum atomic E-state index is -0.372. The van der Waals surface area contributed by atoms with Crippen molar-refractivity contribution in [3.8, 4) is 0 Å². The molecule has 1 aliphatic heterocycles. The van der Waals surface area contributed by atoms with E-state index in [-0.39, 0.29) is 48.2 Å². The van der Waals surface area contributed by atoms with E-state index in [4.69, 9.17) is 0 Å². The average Bonchev–Trinajstić information content (AvgIpc) is 2.95. The summed E-state index contributed by atoms with van der Waals surface area (Å²) in [4.78, 5) is 50.6. The van der Waals surface area contributed by atoms with Crippen LogP contribution in [-0.4, -0.2) is 48.2 Å². The van der Waals surface area contributed by atoms with E-state index in [1.165, 1.54) is 23.1 Å². The van der Waals surface area contributed by atoms with Crippen molar-refractivity contribution in [3.63, 3.8) is 0 Å². The van der Waals surface area contributed by atoms with E-state index >= 15 is 0 Å². The van der Waals surface area contributed by atoms with E-state index in [0.717, 1.165) is 5.56 Å². The molecule has 30 heavy (non-hydrogen) atoms. The second-order valence-corrected chi connectivity index (χ2v) is 7.75. The molecular formula is C23H25N3O4. The summed E-state index contributed by atoms with van der Waals surface area (Å²) in [6.45, 7) is 6.65. The number of amides is 4. The first kappa shape index (κ1) is 21.2. The van der Waals surface area contributed by atoms with Gasteiger partial charge in [0.2, 0.25) is 0 Å². The molecule has 2 aromatic carbocycles. The zero-order chi connectivity index (χ0) is 21.8. The zero-order valence-electron chi connectivity index (χ0n) is 17.3. The van der Waals surface area contributed by atoms with Crippen molar-refractivity contribution < 1.29 is 19.2 Å². The van der Waals surface area contributed by atoms with E-state index in [2.05, 4.69) is 10.6 Å². The lowest BCUT2D eigenvalue weighted by Crippen LogP contribution is -2.34. The molecule has 7 heteroatoms. The molecule has 7 nitrogen and oxygen atoms in total. The molecule has 0 unspecified atom stereocenters. The fraction of sp³-hybridized carbons (Fsp3) is 0.304. The van der Waals surface area contributed by atoms with Gasteiger partial charge in [0.15, 0.2) is 0 Å². The summed E-state index contributed by atoms with van der Waals surface area (Å²) in [7, 11) is 0. The van der Waals surface area contributed by atoms with Gasteiger partial charge in [-0.2, -0.15) is 0 Å². The van der Waals surface area contributed by atoms with Gasteiger partial charge in [-0.1, -0.05) is 31.5 Å². The molecule has 0 fully saturated rings. The molecule has 2 N–H and O–H groups in total. The highest BCUT2D eigenvalue weighted by atomic mass is 16.2. The Morgan fingerprint density at radius 3 is 1.97 bits per heavy atom. The van der Waals surface area contributed by atoms with Gasteiger partial charge in [-0.15, -0.1) is 0 Å². The Balaban J connectivity index is 1.55. The van der Waals surface area contributed by atoms with Crippen LogP contribution >= 0.6 is 0 Å². The first-order valence-electron chi connectivity index (χ1n) is 9.91. The molecule has 0 atom stereocenters. The normalized spacial score (nSPS) is 12.9. The highest BCUT2D eigenvalue weighted by molar-refractivity contribution is 6.22. The van der Waals surface area contributed by atoms with Crippen molar-refractivity contribution in [1.82, 2.24) is 15.5 Å². The number of nitrogens with one attached hydrogen (secondary N) is 2. The van der Waals surface area contributed by atoms with Crippen LogP contribution in [0.25, 0.3) is 0 Å². The van der Waals surface area contributed by atoms with Crippen molar-refractivity contribution in [2.24, 2.45) is 5.92 Å². The van der Waals surface area contributed by atoms with Gasteiger partial charge in [-0.3, -0.25) is 24.1 Å². The van der Waals surface area contributed by atoms with E-state index in [1.54, 1.807) is 12.1 Å². The molecule has 0 spiro atoms. The Kier molecular flexibility index (Phi) is 6.30. The van der Waals surface area contributed by atoms with Crippen molar-refractivity contribution in [2.45, 2.75) is 20.8 Å². The lowest BCUT2D eigenvalue weighted by Gasteiger charge is -2.15. The number of carbonyl (C=O) groups is 4. The fourth-order valence-electron chi connectivity index (χ4n) is 3.22. The van der Waals surface area contributed by atoms with Gasteiger partial charge in [-0.05, 0) is 43.2 Å². The van der Waals surface area contributed by atoms with Crippen LogP contribution in [0, 0.1) is 12.8 Å². The SMILES string of the molecule is Cc1ccc(C(=O)NCCNC(=O)c2ccc3c(c2)C(=O)N(CC(C)C)C3=O)cc1. The predicted molar refractivity (Wildman–Crippen MR) is 112 cm³/mol. The number of benzene rings is 2. The number of hydrogen-bond acceptors (Lipinski definition) is 4. The third-order valence-corrected chi connectivity index (χ3v) is 4.79. The van der Waals surface area contributed by atoms with Crippen molar-refractivity contribution in [3.05, 3.63) is 70.3 Å². The molecule has 0 saturated heterocycles. The third kappa shape index (κ3) is 4.56. The Labute approximate surface area is 175 Å². The third-order valence-electron chi connectivity index (χ3n) is 4.79. The fourth-order valence-corrected chi connectivity index (χ4v) is 3.22. The van der Waals surface area contributed by atoms with E-state index in [0.29, 0.717) is 23.2 Å². The highest BCUT2D eigenvalue weighted by Gasteiger charge is 2.36. The van der Waals surface area contributed by atoms with Crippen LogP contribution in [0.2, 0.25) is 0 Å². The molecule has 0 aromatic heterocycles. The topological polar surface area (TPSA) is 95.6 Å². The summed E-state index contributed by atoms with van der Waals surface area (Å²) in [6.07, 6.45) is 0. The van der Waals surface area contributed by atoms with Crippen molar-refractivity contribution in [1.29, 1.82) is 0 Å². The van der Waals surface area contributed by atoms with Crippen LogP contribution in [0.3, 0.4) is 0 Å². The quantitative estimate of drug-likeness (QED) is 0.544. The molecule has 0 radical (unpaired) electrons. The van der Waals surface area contributed by atoms with Crippen LogP contribution in [0.4, 0.5) is 0 Å². The molecule has 0 aliphatic carbocycles. The maximum Gasteiger partial charge on any atom is 0.261 e. The Morgan fingerprint density at radius 1 is 0.833 bits per heavy atom. The Morgan fingerprint density at radius 2 is 1.37 bits per heavy atom. The summed E-state index contributed by atoms with van der Waals surface area (Å²) in [5.74, 6) is -1.12. The molecule has 156 valence electrons. The smallest absolute Gasteiger partial charge is 0.261 e. The second-order valence-electron chi connectivity index (χ2n) is 7.75. The monoisotopic (exact) mass is 407 g/mol. The van der Waals surface area contributed by atoms with Crippen LogP contribution in [-0.2, 0) is 0 Å². The lowest BCUT2D eigenvalue weighted by molar-refractivity contribution is 0.0635. The Hall–Kier alpha value is -3.48. The summed E-state index contributed by atoms with van der Waals surface area (Å²) in [5.41, 5.74) is 2.50. The molecule has 3 rings (SSSR count). The average molecular weight is 407 g/mol.